The van der Waals surface area contributed by atoms with Crippen LogP contribution in [0.1, 0.15) is 17.3 Å². The molecule has 6 heteroatoms. The van der Waals surface area contributed by atoms with Gasteiger partial charge in [-0.1, -0.05) is 0 Å². The van der Waals surface area contributed by atoms with E-state index >= 15 is 0 Å². The van der Waals surface area contributed by atoms with Crippen LogP contribution in [0.4, 0.5) is 11.4 Å². The van der Waals surface area contributed by atoms with Crippen molar-refractivity contribution >= 4 is 51.2 Å². The quantitative estimate of drug-likeness (QED) is 0.710. The highest BCUT2D eigenvalue weighted by atomic mass is 127. The Balaban J connectivity index is 2.03. The van der Waals surface area contributed by atoms with E-state index in [1.165, 1.54) is 0 Å². The van der Waals surface area contributed by atoms with E-state index in [1.807, 2.05) is 42.6 Å². The number of aliphatic hydroxyl groups excluding tert-OH is 1. The van der Waals surface area contributed by atoms with Crippen LogP contribution in [0.2, 0.25) is 0 Å². The summed E-state index contributed by atoms with van der Waals surface area (Å²) in [4.78, 5) is 14.1. The molecule has 2 aromatic rings. The Morgan fingerprint density at radius 1 is 1.38 bits per heavy atom. The lowest BCUT2D eigenvalue weighted by Crippen LogP contribution is -2.26. The zero-order chi connectivity index (χ0) is 15.2. The molecule has 2 rings (SSSR count). The van der Waals surface area contributed by atoms with E-state index in [9.17, 15) is 4.79 Å². The Bertz CT molecular complexity index is 598. The summed E-state index contributed by atoms with van der Waals surface area (Å²) in [5.41, 5.74) is 2.49. The third-order valence-corrected chi connectivity index (χ3v) is 4.86. The van der Waals surface area contributed by atoms with Crippen LogP contribution < -0.4 is 10.2 Å². The van der Waals surface area contributed by atoms with Crippen LogP contribution in [0, 0.1) is 2.88 Å². The summed E-state index contributed by atoms with van der Waals surface area (Å²) in [6, 6.07) is 9.53. The van der Waals surface area contributed by atoms with Crippen molar-refractivity contribution in [1.82, 2.24) is 0 Å². The van der Waals surface area contributed by atoms with Gasteiger partial charge in [-0.05, 0) is 59.8 Å². The van der Waals surface area contributed by atoms with E-state index in [1.54, 1.807) is 11.3 Å². The third-order valence-electron chi connectivity index (χ3n) is 3.07. The van der Waals surface area contributed by atoms with Crippen molar-refractivity contribution < 1.29 is 9.90 Å². The van der Waals surface area contributed by atoms with Gasteiger partial charge < -0.3 is 15.3 Å². The number of thiophene rings is 1. The molecule has 1 amide bonds. The average Bonchev–Trinajstić information content (AvgIpc) is 2.92. The smallest absolute Gasteiger partial charge is 0.256 e. The van der Waals surface area contributed by atoms with Crippen molar-refractivity contribution in [3.63, 3.8) is 0 Å². The van der Waals surface area contributed by atoms with Crippen molar-refractivity contribution in [3.05, 3.63) is 44.2 Å². The summed E-state index contributed by atoms with van der Waals surface area (Å²) in [7, 11) is 0. The van der Waals surface area contributed by atoms with Crippen LogP contribution in [0.3, 0.4) is 0 Å². The van der Waals surface area contributed by atoms with E-state index in [2.05, 4.69) is 32.8 Å². The Kier molecular flexibility index (Phi) is 6.01. The van der Waals surface area contributed by atoms with Gasteiger partial charge in [-0.3, -0.25) is 4.79 Å². The number of aliphatic hydroxyl groups is 1. The van der Waals surface area contributed by atoms with Gasteiger partial charge in [0.25, 0.3) is 5.91 Å². The van der Waals surface area contributed by atoms with Crippen molar-refractivity contribution in [2.75, 3.05) is 29.9 Å². The Morgan fingerprint density at radius 2 is 2.10 bits per heavy atom. The normalized spacial score (nSPS) is 10.4. The predicted molar refractivity (Wildman–Crippen MR) is 96.4 cm³/mol. The standard InChI is InChI=1S/C15H17IN2O2S/c1-2-18(7-8-19)13-5-3-12(4-6-13)17-15(20)11-9-14(16)21-10-11/h3-6,9-10,19H,2,7-8H2,1H3,(H,17,20). The van der Waals surface area contributed by atoms with Crippen LogP contribution in [-0.2, 0) is 0 Å². The molecule has 0 spiro atoms. The number of carbonyl (C=O) groups is 1. The second-order valence-corrected chi connectivity index (χ2v) is 7.25. The molecule has 0 unspecified atom stereocenters. The van der Waals surface area contributed by atoms with Gasteiger partial charge in [0.1, 0.15) is 0 Å². The minimum atomic E-state index is -0.0929. The van der Waals surface area contributed by atoms with Crippen LogP contribution in [0.25, 0.3) is 0 Å². The SMILES string of the molecule is CCN(CCO)c1ccc(NC(=O)c2csc(I)c2)cc1. The second-order valence-electron chi connectivity index (χ2n) is 4.44. The molecule has 0 aliphatic carbocycles. The molecule has 0 radical (unpaired) electrons. The summed E-state index contributed by atoms with van der Waals surface area (Å²) in [6.07, 6.45) is 0. The highest BCUT2D eigenvalue weighted by Crippen LogP contribution is 2.20. The molecule has 0 saturated carbocycles. The molecule has 0 aliphatic heterocycles. The molecular formula is C15H17IN2O2S. The Hall–Kier alpha value is -1.12. The van der Waals surface area contributed by atoms with Gasteiger partial charge in [-0.2, -0.15) is 0 Å². The lowest BCUT2D eigenvalue weighted by Gasteiger charge is -2.22. The lowest BCUT2D eigenvalue weighted by atomic mass is 10.2. The number of amides is 1. The second kappa shape index (κ2) is 7.77. The average molecular weight is 416 g/mol. The summed E-state index contributed by atoms with van der Waals surface area (Å²) in [5, 5.41) is 13.8. The molecule has 0 aliphatic rings. The maximum atomic E-state index is 12.1. The number of likely N-dealkylation sites (N-methyl/N-ethyl adjacent to an activating group) is 1. The number of benzene rings is 1. The fourth-order valence-electron chi connectivity index (χ4n) is 1.98. The summed E-state index contributed by atoms with van der Waals surface area (Å²) in [6.45, 7) is 3.61. The number of rotatable bonds is 6. The third kappa shape index (κ3) is 4.42. The highest BCUT2D eigenvalue weighted by Gasteiger charge is 2.09. The first-order valence-electron chi connectivity index (χ1n) is 6.65. The van der Waals surface area contributed by atoms with Crippen molar-refractivity contribution in [1.29, 1.82) is 0 Å². The van der Waals surface area contributed by atoms with Crippen LogP contribution in [0.15, 0.2) is 35.7 Å². The van der Waals surface area contributed by atoms with E-state index in [4.69, 9.17) is 5.11 Å². The van der Waals surface area contributed by atoms with Crippen molar-refractivity contribution in [2.24, 2.45) is 0 Å². The van der Waals surface area contributed by atoms with E-state index in [0.717, 1.165) is 20.8 Å². The number of nitrogens with zero attached hydrogens (tertiary/aromatic N) is 1. The lowest BCUT2D eigenvalue weighted by molar-refractivity contribution is 0.102. The number of hydrogen-bond donors (Lipinski definition) is 2. The first-order chi connectivity index (χ1) is 10.1. The minimum absolute atomic E-state index is 0.0929. The topological polar surface area (TPSA) is 52.6 Å². The zero-order valence-electron chi connectivity index (χ0n) is 11.7. The monoisotopic (exact) mass is 416 g/mol. The van der Waals surface area contributed by atoms with Crippen LogP contribution in [0.5, 0.6) is 0 Å². The van der Waals surface area contributed by atoms with Gasteiger partial charge in [-0.25, -0.2) is 0 Å². The molecule has 4 nitrogen and oxygen atoms in total. The molecule has 1 heterocycles. The largest absolute Gasteiger partial charge is 0.395 e. The molecule has 21 heavy (non-hydrogen) atoms. The summed E-state index contributed by atoms with van der Waals surface area (Å²) < 4.78 is 1.09. The Morgan fingerprint density at radius 3 is 2.62 bits per heavy atom. The molecule has 0 atom stereocenters. The molecule has 0 bridgehead atoms. The van der Waals surface area contributed by atoms with Gasteiger partial charge in [-0.15, -0.1) is 11.3 Å². The molecule has 1 aromatic carbocycles. The van der Waals surface area contributed by atoms with Crippen molar-refractivity contribution in [2.45, 2.75) is 6.92 Å². The van der Waals surface area contributed by atoms with Gasteiger partial charge in [0, 0.05) is 29.8 Å². The van der Waals surface area contributed by atoms with E-state index in [0.29, 0.717) is 12.1 Å². The van der Waals surface area contributed by atoms with Gasteiger partial charge in [0.05, 0.1) is 15.1 Å². The van der Waals surface area contributed by atoms with Gasteiger partial charge in [0.15, 0.2) is 0 Å². The zero-order valence-corrected chi connectivity index (χ0v) is 14.6. The fraction of sp³-hybridized carbons (Fsp3) is 0.267. The van der Waals surface area contributed by atoms with E-state index in [-0.39, 0.29) is 12.5 Å². The van der Waals surface area contributed by atoms with Crippen LogP contribution in [-0.4, -0.2) is 30.7 Å². The van der Waals surface area contributed by atoms with E-state index < -0.39 is 0 Å². The first kappa shape index (κ1) is 16.3. The van der Waals surface area contributed by atoms with Crippen LogP contribution >= 0.6 is 33.9 Å². The maximum absolute atomic E-state index is 12.1. The number of carbonyl (C=O) groups excluding carboxylic acids is 1. The first-order valence-corrected chi connectivity index (χ1v) is 8.61. The van der Waals surface area contributed by atoms with Crippen molar-refractivity contribution in [3.8, 4) is 0 Å². The van der Waals surface area contributed by atoms with Gasteiger partial charge >= 0.3 is 0 Å². The number of hydrogen-bond acceptors (Lipinski definition) is 4. The summed E-state index contributed by atoms with van der Waals surface area (Å²) >= 11 is 3.75. The number of nitrogens with one attached hydrogen (secondary N) is 1. The highest BCUT2D eigenvalue weighted by molar-refractivity contribution is 14.1. The fourth-order valence-corrected chi connectivity index (χ4v) is 3.31. The Labute approximate surface area is 141 Å². The molecule has 0 saturated heterocycles. The minimum Gasteiger partial charge on any atom is -0.395 e. The maximum Gasteiger partial charge on any atom is 0.256 e. The molecule has 0 fully saturated rings. The molecule has 1 aromatic heterocycles. The number of anilines is 2. The molecule has 112 valence electrons. The number of halogens is 1. The molecule has 2 N–H and O–H groups in total. The molecular weight excluding hydrogens is 399 g/mol. The predicted octanol–water partition coefficient (Wildman–Crippen LogP) is 3.42. The summed E-state index contributed by atoms with van der Waals surface area (Å²) in [5.74, 6) is -0.0929. The van der Waals surface area contributed by atoms with Gasteiger partial charge in [0.2, 0.25) is 0 Å².